The molecule has 3 heterocycles. The summed E-state index contributed by atoms with van der Waals surface area (Å²) in [6, 6.07) is 7.16. The molecule has 0 aliphatic carbocycles. The van der Waals surface area contributed by atoms with Gasteiger partial charge in [-0.2, -0.15) is 4.31 Å². The average Bonchev–Trinajstić information content (AvgIpc) is 3.36. The second kappa shape index (κ2) is 8.03. The lowest BCUT2D eigenvalue weighted by Gasteiger charge is -2.17. The lowest BCUT2D eigenvalue weighted by molar-refractivity contribution is 0.455. The Morgan fingerprint density at radius 3 is 2.96 bits per heavy atom. The topological polar surface area (TPSA) is 86.9 Å². The number of rotatable bonds is 6. The number of nitrogens with one attached hydrogen (secondary N) is 2. The van der Waals surface area contributed by atoms with Gasteiger partial charge in [0.1, 0.15) is 9.97 Å². The van der Waals surface area contributed by atoms with Crippen LogP contribution in [0.5, 0.6) is 0 Å². The Kier molecular flexibility index (Phi) is 5.77. The molecule has 1 saturated heterocycles. The first-order valence-electron chi connectivity index (χ1n) is 8.10. The van der Waals surface area contributed by atoms with Crippen LogP contribution in [-0.2, 0) is 16.6 Å². The van der Waals surface area contributed by atoms with E-state index >= 15 is 0 Å². The molecule has 9 heteroatoms. The Labute approximate surface area is 151 Å². The number of aliphatic imine (C=N–C) groups is 1. The van der Waals surface area contributed by atoms with Crippen LogP contribution in [0, 0.1) is 5.92 Å². The SMILES string of the molecule is CN=C(NCc1ccco1)NCC1CCN(S(=O)(=O)c2cccs2)C1. The van der Waals surface area contributed by atoms with E-state index < -0.39 is 10.0 Å². The first-order chi connectivity index (χ1) is 12.1. The van der Waals surface area contributed by atoms with Crippen LogP contribution in [0.2, 0.25) is 0 Å². The lowest BCUT2D eigenvalue weighted by atomic mass is 10.1. The minimum Gasteiger partial charge on any atom is -0.467 e. The third kappa shape index (κ3) is 4.42. The standard InChI is InChI=1S/C16H22N4O3S2/c1-17-16(19-11-14-4-2-8-23-14)18-10-13-6-7-20(12-13)25(21,22)15-5-3-9-24-15/h2-5,8-9,13H,6-7,10-12H2,1H3,(H2,17,18,19). The minimum atomic E-state index is -3.35. The predicted molar refractivity (Wildman–Crippen MR) is 98.1 cm³/mol. The quantitative estimate of drug-likeness (QED) is 0.587. The van der Waals surface area contributed by atoms with Crippen LogP contribution in [0.25, 0.3) is 0 Å². The molecule has 0 saturated carbocycles. The predicted octanol–water partition coefficient (Wildman–Crippen LogP) is 1.72. The Morgan fingerprint density at radius 2 is 2.28 bits per heavy atom. The molecule has 1 fully saturated rings. The van der Waals surface area contributed by atoms with Crippen molar-refractivity contribution >= 4 is 27.3 Å². The zero-order valence-corrected chi connectivity index (χ0v) is 15.6. The number of sulfonamides is 1. The van der Waals surface area contributed by atoms with Crippen molar-refractivity contribution in [1.82, 2.24) is 14.9 Å². The molecule has 1 unspecified atom stereocenters. The van der Waals surface area contributed by atoms with Gasteiger partial charge in [0.25, 0.3) is 10.0 Å². The van der Waals surface area contributed by atoms with Crippen molar-refractivity contribution in [3.63, 3.8) is 0 Å². The number of thiophene rings is 1. The second-order valence-electron chi connectivity index (χ2n) is 5.84. The number of hydrogen-bond donors (Lipinski definition) is 2. The first kappa shape index (κ1) is 18.0. The summed E-state index contributed by atoms with van der Waals surface area (Å²) in [6.07, 6.45) is 2.47. The van der Waals surface area contributed by atoms with Gasteiger partial charge < -0.3 is 15.1 Å². The van der Waals surface area contributed by atoms with Gasteiger partial charge in [-0.3, -0.25) is 4.99 Å². The zero-order chi connectivity index (χ0) is 17.7. The van der Waals surface area contributed by atoms with Crippen molar-refractivity contribution in [3.8, 4) is 0 Å². The Balaban J connectivity index is 1.48. The monoisotopic (exact) mass is 382 g/mol. The fraction of sp³-hybridized carbons (Fsp3) is 0.438. The molecule has 2 aromatic rings. The van der Waals surface area contributed by atoms with Crippen LogP contribution in [0.4, 0.5) is 0 Å². The molecule has 1 aliphatic heterocycles. The maximum absolute atomic E-state index is 12.5. The van der Waals surface area contributed by atoms with E-state index in [-0.39, 0.29) is 5.92 Å². The third-order valence-corrected chi connectivity index (χ3v) is 7.37. The summed E-state index contributed by atoms with van der Waals surface area (Å²) >= 11 is 1.26. The lowest BCUT2D eigenvalue weighted by Crippen LogP contribution is -2.40. The van der Waals surface area contributed by atoms with Gasteiger partial charge >= 0.3 is 0 Å². The number of hydrogen-bond acceptors (Lipinski definition) is 5. The van der Waals surface area contributed by atoms with Gasteiger partial charge in [0.15, 0.2) is 5.96 Å². The fourth-order valence-electron chi connectivity index (χ4n) is 2.77. The van der Waals surface area contributed by atoms with E-state index in [1.807, 2.05) is 12.1 Å². The third-order valence-electron chi connectivity index (χ3n) is 4.13. The van der Waals surface area contributed by atoms with Crippen molar-refractivity contribution < 1.29 is 12.8 Å². The maximum Gasteiger partial charge on any atom is 0.252 e. The summed E-state index contributed by atoms with van der Waals surface area (Å²) in [7, 11) is -1.64. The summed E-state index contributed by atoms with van der Waals surface area (Å²) in [5.74, 6) is 1.77. The van der Waals surface area contributed by atoms with E-state index in [4.69, 9.17) is 4.42 Å². The van der Waals surface area contributed by atoms with Crippen LogP contribution in [0.1, 0.15) is 12.2 Å². The van der Waals surface area contributed by atoms with Gasteiger partial charge in [0.05, 0.1) is 12.8 Å². The van der Waals surface area contributed by atoms with Gasteiger partial charge in [-0.25, -0.2) is 8.42 Å². The highest BCUT2D eigenvalue weighted by atomic mass is 32.2. The molecular formula is C16H22N4O3S2. The molecular weight excluding hydrogens is 360 g/mol. The highest BCUT2D eigenvalue weighted by Gasteiger charge is 2.33. The molecule has 1 atom stereocenters. The molecule has 0 aromatic carbocycles. The van der Waals surface area contributed by atoms with Gasteiger partial charge in [-0.15, -0.1) is 11.3 Å². The fourth-order valence-corrected chi connectivity index (χ4v) is 5.44. The van der Waals surface area contributed by atoms with Gasteiger partial charge in [-0.05, 0) is 35.9 Å². The molecule has 1 aliphatic rings. The Hall–Kier alpha value is -1.84. The van der Waals surface area contributed by atoms with E-state index in [0.717, 1.165) is 12.2 Å². The Morgan fingerprint density at radius 1 is 1.40 bits per heavy atom. The largest absolute Gasteiger partial charge is 0.467 e. The van der Waals surface area contributed by atoms with Crippen LogP contribution in [-0.4, -0.2) is 45.4 Å². The molecule has 2 N–H and O–H groups in total. The summed E-state index contributed by atoms with van der Waals surface area (Å²) in [6.45, 7) is 2.32. The van der Waals surface area contributed by atoms with Crippen LogP contribution in [0.15, 0.2) is 49.5 Å². The van der Waals surface area contributed by atoms with E-state index in [9.17, 15) is 8.42 Å². The molecule has 25 heavy (non-hydrogen) atoms. The second-order valence-corrected chi connectivity index (χ2v) is 8.95. The van der Waals surface area contributed by atoms with Gasteiger partial charge in [-0.1, -0.05) is 6.07 Å². The van der Waals surface area contributed by atoms with Gasteiger partial charge in [0, 0.05) is 26.7 Å². The number of nitrogens with zero attached hydrogens (tertiary/aromatic N) is 2. The molecule has 7 nitrogen and oxygen atoms in total. The highest BCUT2D eigenvalue weighted by molar-refractivity contribution is 7.91. The van der Waals surface area contributed by atoms with E-state index in [0.29, 0.717) is 36.3 Å². The first-order valence-corrected chi connectivity index (χ1v) is 10.4. The van der Waals surface area contributed by atoms with E-state index in [1.165, 1.54) is 11.3 Å². The number of guanidine groups is 1. The van der Waals surface area contributed by atoms with Gasteiger partial charge in [0.2, 0.25) is 0 Å². The number of furan rings is 1. The highest BCUT2D eigenvalue weighted by Crippen LogP contribution is 2.26. The maximum atomic E-state index is 12.5. The molecule has 0 bridgehead atoms. The summed E-state index contributed by atoms with van der Waals surface area (Å²) in [5.41, 5.74) is 0. The summed E-state index contributed by atoms with van der Waals surface area (Å²) in [4.78, 5) is 4.18. The van der Waals surface area contributed by atoms with E-state index in [2.05, 4.69) is 15.6 Å². The minimum absolute atomic E-state index is 0.261. The van der Waals surface area contributed by atoms with Crippen molar-refractivity contribution in [2.24, 2.45) is 10.9 Å². The van der Waals surface area contributed by atoms with Crippen LogP contribution in [0.3, 0.4) is 0 Å². The van der Waals surface area contributed by atoms with Crippen molar-refractivity contribution in [2.75, 3.05) is 26.7 Å². The van der Waals surface area contributed by atoms with E-state index in [1.54, 1.807) is 35.1 Å². The molecule has 0 spiro atoms. The molecule has 0 amide bonds. The van der Waals surface area contributed by atoms with Crippen LogP contribution >= 0.6 is 11.3 Å². The summed E-state index contributed by atoms with van der Waals surface area (Å²) < 4.78 is 32.3. The zero-order valence-electron chi connectivity index (χ0n) is 14.0. The van der Waals surface area contributed by atoms with Crippen molar-refractivity contribution in [1.29, 1.82) is 0 Å². The Bertz CT molecular complexity index is 785. The summed E-state index contributed by atoms with van der Waals surface area (Å²) in [5, 5.41) is 8.22. The molecule has 2 aromatic heterocycles. The van der Waals surface area contributed by atoms with Crippen molar-refractivity contribution in [3.05, 3.63) is 41.7 Å². The average molecular weight is 383 g/mol. The van der Waals surface area contributed by atoms with Crippen molar-refractivity contribution in [2.45, 2.75) is 17.2 Å². The van der Waals surface area contributed by atoms with Crippen LogP contribution < -0.4 is 10.6 Å². The smallest absolute Gasteiger partial charge is 0.252 e. The molecule has 3 rings (SSSR count). The normalized spacial score (nSPS) is 19.2. The molecule has 0 radical (unpaired) electrons. The molecule has 136 valence electrons.